The molecule has 6 nitrogen and oxygen atoms in total. The average Bonchev–Trinajstić information content (AvgIpc) is 3.01. The van der Waals surface area contributed by atoms with E-state index in [1.165, 1.54) is 18.0 Å². The Hall–Kier alpha value is -2.80. The second-order valence-electron chi connectivity index (χ2n) is 5.92. The van der Waals surface area contributed by atoms with Crippen molar-refractivity contribution in [2.75, 3.05) is 5.32 Å². The van der Waals surface area contributed by atoms with Crippen molar-refractivity contribution in [3.8, 4) is 5.88 Å². The lowest BCUT2D eigenvalue weighted by Gasteiger charge is -2.11. The summed E-state index contributed by atoms with van der Waals surface area (Å²) in [6.45, 7) is 3.86. The Morgan fingerprint density at radius 1 is 1.19 bits per heavy atom. The standard InChI is InChI=1S/C19H20N4O2S/c1-13(2)25-17-9-8-14(12-21-17)18(24)22-15-6-4-5-7-16(15)26-19-20-10-11-23(19)3/h4-13H,1-3H3,(H,22,24). The molecule has 134 valence electrons. The van der Waals surface area contributed by atoms with Gasteiger partial charge in [-0.15, -0.1) is 0 Å². The van der Waals surface area contributed by atoms with Crippen LogP contribution in [0, 0.1) is 0 Å². The van der Waals surface area contributed by atoms with E-state index in [4.69, 9.17) is 4.74 Å². The van der Waals surface area contributed by atoms with Gasteiger partial charge in [0.1, 0.15) is 0 Å². The number of imidazole rings is 1. The number of pyridine rings is 1. The van der Waals surface area contributed by atoms with Gasteiger partial charge in [0, 0.05) is 36.6 Å². The molecule has 0 aliphatic rings. The first-order valence-electron chi connectivity index (χ1n) is 8.21. The summed E-state index contributed by atoms with van der Waals surface area (Å²) in [5, 5.41) is 3.79. The van der Waals surface area contributed by atoms with Gasteiger partial charge < -0.3 is 14.6 Å². The second-order valence-corrected chi connectivity index (χ2v) is 6.93. The van der Waals surface area contributed by atoms with E-state index in [1.54, 1.807) is 18.3 Å². The summed E-state index contributed by atoms with van der Waals surface area (Å²) in [7, 11) is 1.93. The molecule has 0 radical (unpaired) electrons. The lowest BCUT2D eigenvalue weighted by Crippen LogP contribution is -2.13. The van der Waals surface area contributed by atoms with E-state index in [-0.39, 0.29) is 12.0 Å². The van der Waals surface area contributed by atoms with Gasteiger partial charge in [0.25, 0.3) is 5.91 Å². The Kier molecular flexibility index (Phi) is 5.58. The maximum Gasteiger partial charge on any atom is 0.257 e. The molecule has 0 fully saturated rings. The molecule has 0 unspecified atom stereocenters. The fourth-order valence-electron chi connectivity index (χ4n) is 2.23. The summed E-state index contributed by atoms with van der Waals surface area (Å²) >= 11 is 1.50. The number of hydrogen-bond donors (Lipinski definition) is 1. The quantitative estimate of drug-likeness (QED) is 0.712. The van der Waals surface area contributed by atoms with Crippen LogP contribution in [0.2, 0.25) is 0 Å². The highest BCUT2D eigenvalue weighted by molar-refractivity contribution is 7.99. The molecule has 1 N–H and O–H groups in total. The van der Waals surface area contributed by atoms with Crippen molar-refractivity contribution in [1.29, 1.82) is 0 Å². The van der Waals surface area contributed by atoms with Crippen LogP contribution in [0.5, 0.6) is 5.88 Å². The van der Waals surface area contributed by atoms with Gasteiger partial charge in [0.2, 0.25) is 5.88 Å². The number of nitrogens with zero attached hydrogens (tertiary/aromatic N) is 3. The zero-order chi connectivity index (χ0) is 18.5. The molecule has 1 aromatic carbocycles. The molecule has 0 saturated carbocycles. The lowest BCUT2D eigenvalue weighted by molar-refractivity contribution is 0.102. The van der Waals surface area contributed by atoms with Gasteiger partial charge in [-0.25, -0.2) is 9.97 Å². The highest BCUT2D eigenvalue weighted by Crippen LogP contribution is 2.32. The molecule has 3 aromatic rings. The van der Waals surface area contributed by atoms with Crippen LogP contribution in [0.3, 0.4) is 0 Å². The fourth-order valence-corrected chi connectivity index (χ4v) is 3.12. The minimum Gasteiger partial charge on any atom is -0.475 e. The van der Waals surface area contributed by atoms with Gasteiger partial charge >= 0.3 is 0 Å². The highest BCUT2D eigenvalue weighted by atomic mass is 32.2. The van der Waals surface area contributed by atoms with E-state index in [0.29, 0.717) is 11.4 Å². The van der Waals surface area contributed by atoms with Crippen LogP contribution in [-0.2, 0) is 7.05 Å². The number of nitrogens with one attached hydrogen (secondary N) is 1. The van der Waals surface area contributed by atoms with Crippen LogP contribution < -0.4 is 10.1 Å². The Morgan fingerprint density at radius 2 is 2.00 bits per heavy atom. The normalized spacial score (nSPS) is 10.8. The number of anilines is 1. The van der Waals surface area contributed by atoms with Crippen molar-refractivity contribution in [3.63, 3.8) is 0 Å². The second kappa shape index (κ2) is 8.05. The summed E-state index contributed by atoms with van der Waals surface area (Å²) in [5.74, 6) is 0.281. The summed E-state index contributed by atoms with van der Waals surface area (Å²) < 4.78 is 7.43. The number of amides is 1. The largest absolute Gasteiger partial charge is 0.475 e. The van der Waals surface area contributed by atoms with Gasteiger partial charge in [-0.2, -0.15) is 0 Å². The van der Waals surface area contributed by atoms with Crippen LogP contribution >= 0.6 is 11.8 Å². The maximum absolute atomic E-state index is 12.5. The summed E-state index contributed by atoms with van der Waals surface area (Å²) in [5.41, 5.74) is 1.20. The zero-order valence-corrected chi connectivity index (χ0v) is 15.7. The number of aromatic nitrogens is 3. The number of para-hydroxylation sites is 1. The minimum atomic E-state index is -0.221. The molecule has 0 aliphatic heterocycles. The molecule has 3 rings (SSSR count). The number of aryl methyl sites for hydroxylation is 1. The van der Waals surface area contributed by atoms with Crippen molar-refractivity contribution in [1.82, 2.24) is 14.5 Å². The number of carbonyl (C=O) groups excluding carboxylic acids is 1. The van der Waals surface area contributed by atoms with Gasteiger partial charge in [-0.1, -0.05) is 12.1 Å². The van der Waals surface area contributed by atoms with Crippen LogP contribution in [-0.4, -0.2) is 26.5 Å². The van der Waals surface area contributed by atoms with Crippen molar-refractivity contribution < 1.29 is 9.53 Å². The number of benzene rings is 1. The predicted octanol–water partition coefficient (Wildman–Crippen LogP) is 4.01. The van der Waals surface area contributed by atoms with E-state index >= 15 is 0 Å². The number of rotatable bonds is 6. The Balaban J connectivity index is 1.74. The number of hydrogen-bond acceptors (Lipinski definition) is 5. The SMILES string of the molecule is CC(C)Oc1ccc(C(=O)Nc2ccccc2Sc2nccn2C)cn1. The monoisotopic (exact) mass is 368 g/mol. The molecule has 7 heteroatoms. The van der Waals surface area contributed by atoms with Gasteiger partial charge in [-0.3, -0.25) is 4.79 Å². The summed E-state index contributed by atoms with van der Waals surface area (Å²) in [6, 6.07) is 11.0. The third-order valence-electron chi connectivity index (χ3n) is 3.47. The number of carbonyl (C=O) groups is 1. The molecule has 2 aromatic heterocycles. The van der Waals surface area contributed by atoms with Crippen LogP contribution in [0.15, 0.2) is 65.0 Å². The van der Waals surface area contributed by atoms with Crippen molar-refractivity contribution >= 4 is 23.4 Å². The third-order valence-corrected chi connectivity index (χ3v) is 4.62. The molecular weight excluding hydrogens is 348 g/mol. The smallest absolute Gasteiger partial charge is 0.257 e. The third kappa shape index (κ3) is 4.43. The molecule has 0 aliphatic carbocycles. The van der Waals surface area contributed by atoms with Crippen LogP contribution in [0.4, 0.5) is 5.69 Å². The molecule has 1 amide bonds. The van der Waals surface area contributed by atoms with E-state index < -0.39 is 0 Å². The van der Waals surface area contributed by atoms with Crippen molar-refractivity contribution in [2.24, 2.45) is 7.05 Å². The molecule has 0 atom stereocenters. The Labute approximate surface area is 156 Å². The van der Waals surface area contributed by atoms with Gasteiger partial charge in [0.05, 0.1) is 17.4 Å². The average molecular weight is 368 g/mol. The van der Waals surface area contributed by atoms with Gasteiger partial charge in [-0.05, 0) is 43.8 Å². The maximum atomic E-state index is 12.5. The molecule has 0 bridgehead atoms. The van der Waals surface area contributed by atoms with E-state index in [2.05, 4.69) is 15.3 Å². The molecule has 2 heterocycles. The van der Waals surface area contributed by atoms with Crippen molar-refractivity contribution in [3.05, 3.63) is 60.6 Å². The zero-order valence-electron chi connectivity index (χ0n) is 14.8. The van der Waals surface area contributed by atoms with E-state index in [0.717, 1.165) is 15.7 Å². The van der Waals surface area contributed by atoms with E-state index in [1.807, 2.05) is 55.9 Å². The van der Waals surface area contributed by atoms with Crippen LogP contribution in [0.25, 0.3) is 0 Å². The summed E-state index contributed by atoms with van der Waals surface area (Å²) in [4.78, 5) is 22.0. The predicted molar refractivity (Wildman–Crippen MR) is 102 cm³/mol. The minimum absolute atomic E-state index is 0.0391. The number of ether oxygens (including phenoxy) is 1. The van der Waals surface area contributed by atoms with Gasteiger partial charge in [0.15, 0.2) is 5.16 Å². The topological polar surface area (TPSA) is 69.0 Å². The molecule has 0 spiro atoms. The Morgan fingerprint density at radius 3 is 2.65 bits per heavy atom. The van der Waals surface area contributed by atoms with Crippen molar-refractivity contribution in [2.45, 2.75) is 30.0 Å². The molecular formula is C19H20N4O2S. The fraction of sp³-hybridized carbons (Fsp3) is 0.211. The summed E-state index contributed by atoms with van der Waals surface area (Å²) in [6.07, 6.45) is 5.19. The first-order valence-corrected chi connectivity index (χ1v) is 9.03. The lowest BCUT2D eigenvalue weighted by atomic mass is 10.2. The molecule has 26 heavy (non-hydrogen) atoms. The first kappa shape index (κ1) is 18.0. The Bertz CT molecular complexity index is 891. The highest BCUT2D eigenvalue weighted by Gasteiger charge is 2.12. The first-order chi connectivity index (χ1) is 12.5. The van der Waals surface area contributed by atoms with E-state index in [9.17, 15) is 4.79 Å². The molecule has 0 saturated heterocycles. The van der Waals surface area contributed by atoms with Crippen LogP contribution in [0.1, 0.15) is 24.2 Å².